The van der Waals surface area contributed by atoms with Crippen LogP contribution in [-0.4, -0.2) is 70.5 Å². The van der Waals surface area contributed by atoms with E-state index in [4.69, 9.17) is 4.74 Å². The molecule has 5 nitrogen and oxygen atoms in total. The molecule has 2 saturated carbocycles. The first-order valence-electron chi connectivity index (χ1n) is 14.1. The lowest BCUT2D eigenvalue weighted by molar-refractivity contribution is -0.199. The fourth-order valence-electron chi connectivity index (χ4n) is 8.47. The average Bonchev–Trinajstić information content (AvgIpc) is 3.59. The summed E-state index contributed by atoms with van der Waals surface area (Å²) < 4.78 is 6.75. The van der Waals surface area contributed by atoms with Crippen LogP contribution in [0.1, 0.15) is 60.8 Å². The molecule has 1 saturated heterocycles. The van der Waals surface area contributed by atoms with Crippen molar-refractivity contribution in [2.75, 3.05) is 26.7 Å². The molecule has 2 aliphatic heterocycles. The number of phenols is 1. The first-order valence-corrected chi connectivity index (χ1v) is 14.1. The highest BCUT2D eigenvalue weighted by molar-refractivity contribution is 5.62. The number of aliphatic hydroxyl groups is 1. The molecule has 2 aromatic rings. The van der Waals surface area contributed by atoms with E-state index in [2.05, 4.69) is 54.1 Å². The topological polar surface area (TPSA) is 56.2 Å². The lowest BCUT2D eigenvalue weighted by Crippen LogP contribution is -2.78. The van der Waals surface area contributed by atoms with Gasteiger partial charge in [0.1, 0.15) is 6.10 Å². The van der Waals surface area contributed by atoms with Crippen molar-refractivity contribution in [1.29, 1.82) is 0 Å². The number of piperidine rings is 1. The minimum Gasteiger partial charge on any atom is -0.504 e. The summed E-state index contributed by atoms with van der Waals surface area (Å²) >= 11 is 0. The molecule has 0 amide bonds. The van der Waals surface area contributed by atoms with Crippen LogP contribution in [0.3, 0.4) is 0 Å². The number of hydrogen-bond acceptors (Lipinski definition) is 5. The lowest BCUT2D eigenvalue weighted by atomic mass is 9.48. The molecule has 2 heterocycles. The second-order valence-corrected chi connectivity index (χ2v) is 12.5. The largest absolute Gasteiger partial charge is 0.504 e. The summed E-state index contributed by atoms with van der Waals surface area (Å²) in [4.78, 5) is 5.09. The number of benzene rings is 2. The average molecular weight is 489 g/mol. The SMILES string of the molecule is Cc1cccc(CCCN(C)[C@@H]2CC[C@@]3(O)[C@H]4Cc5ccc(O)c6c5[C@@]3(CCN4CC3CC3)[C@H]2O6)c1. The third-order valence-electron chi connectivity index (χ3n) is 10.4. The maximum atomic E-state index is 12.6. The quantitative estimate of drug-likeness (QED) is 0.612. The van der Waals surface area contributed by atoms with E-state index in [9.17, 15) is 10.2 Å². The first-order chi connectivity index (χ1) is 17.4. The summed E-state index contributed by atoms with van der Waals surface area (Å²) in [5.41, 5.74) is 3.91. The molecule has 2 aromatic carbocycles. The van der Waals surface area contributed by atoms with Gasteiger partial charge in [-0.2, -0.15) is 0 Å². The van der Waals surface area contributed by atoms with Crippen LogP contribution in [0.2, 0.25) is 0 Å². The van der Waals surface area contributed by atoms with Gasteiger partial charge in [-0.05, 0) is 102 Å². The van der Waals surface area contributed by atoms with Crippen molar-refractivity contribution in [3.8, 4) is 11.5 Å². The Balaban J connectivity index is 1.19. The molecule has 1 spiro atoms. The molecule has 7 rings (SSSR count). The Hall–Kier alpha value is -2.08. The lowest BCUT2D eigenvalue weighted by Gasteiger charge is -2.64. The van der Waals surface area contributed by atoms with Gasteiger partial charge in [0.05, 0.1) is 11.0 Å². The van der Waals surface area contributed by atoms with Crippen molar-refractivity contribution in [2.45, 2.75) is 87.5 Å². The van der Waals surface area contributed by atoms with Gasteiger partial charge in [0.15, 0.2) is 11.5 Å². The molecule has 0 aromatic heterocycles. The molecule has 3 fully saturated rings. The molecule has 2 bridgehead atoms. The van der Waals surface area contributed by atoms with Gasteiger partial charge in [0, 0.05) is 24.2 Å². The second kappa shape index (κ2) is 8.21. The number of phenolic OH excluding ortho intramolecular Hbond substituents is 1. The van der Waals surface area contributed by atoms with Gasteiger partial charge < -0.3 is 14.9 Å². The van der Waals surface area contributed by atoms with E-state index in [0.717, 1.165) is 69.6 Å². The first kappa shape index (κ1) is 23.1. The van der Waals surface area contributed by atoms with Gasteiger partial charge in [0.25, 0.3) is 0 Å². The number of hydrogen-bond donors (Lipinski definition) is 2. The molecule has 2 N–H and O–H groups in total. The standard InChI is InChI=1S/C31H40N2O3/c1-20-5-3-6-21(17-20)7-4-15-32(2)24-12-13-31(35)26-18-23-10-11-25(34)28-27(23)30(31,29(24)36-28)14-16-33(26)19-22-8-9-22/h3,5-6,10-11,17,22,24,26,29,34-35H,4,7-9,12-16,18-19H2,1-2H3/t24-,26-,29+,30+,31-/m1/s1. The van der Waals surface area contributed by atoms with E-state index in [1.54, 1.807) is 0 Å². The summed E-state index contributed by atoms with van der Waals surface area (Å²) in [5, 5.41) is 23.5. The number of rotatable bonds is 7. The fraction of sp³-hybridized carbons (Fsp3) is 0.613. The number of aromatic hydroxyl groups is 1. The van der Waals surface area contributed by atoms with E-state index in [-0.39, 0.29) is 23.9 Å². The monoisotopic (exact) mass is 488 g/mol. The minimum atomic E-state index is -0.796. The highest BCUT2D eigenvalue weighted by Crippen LogP contribution is 2.66. The van der Waals surface area contributed by atoms with Crippen LogP contribution in [0, 0.1) is 12.8 Å². The zero-order valence-electron chi connectivity index (χ0n) is 21.7. The predicted octanol–water partition coefficient (Wildman–Crippen LogP) is 4.20. The smallest absolute Gasteiger partial charge is 0.165 e. The van der Waals surface area contributed by atoms with E-state index >= 15 is 0 Å². The molecule has 5 heteroatoms. The fourth-order valence-corrected chi connectivity index (χ4v) is 8.47. The van der Waals surface area contributed by atoms with Crippen molar-refractivity contribution >= 4 is 0 Å². The van der Waals surface area contributed by atoms with E-state index < -0.39 is 11.0 Å². The summed E-state index contributed by atoms with van der Waals surface area (Å²) in [6, 6.07) is 13.1. The maximum Gasteiger partial charge on any atom is 0.165 e. The Morgan fingerprint density at radius 2 is 2.00 bits per heavy atom. The normalized spacial score (nSPS) is 34.5. The predicted molar refractivity (Wildman–Crippen MR) is 141 cm³/mol. The van der Waals surface area contributed by atoms with E-state index in [1.807, 2.05) is 6.07 Å². The highest BCUT2D eigenvalue weighted by atomic mass is 16.5. The van der Waals surface area contributed by atoms with Crippen LogP contribution >= 0.6 is 0 Å². The third-order valence-corrected chi connectivity index (χ3v) is 10.4. The molecule has 0 radical (unpaired) electrons. The minimum absolute atomic E-state index is 0.117. The number of likely N-dealkylation sites (tertiary alicyclic amines) is 1. The van der Waals surface area contributed by atoms with Crippen molar-refractivity contribution in [2.24, 2.45) is 5.92 Å². The molecule has 5 atom stereocenters. The summed E-state index contributed by atoms with van der Waals surface area (Å²) in [6.07, 6.45) is 8.24. The molecular formula is C31H40N2O3. The van der Waals surface area contributed by atoms with Gasteiger partial charge in [0.2, 0.25) is 0 Å². The molecule has 5 aliphatic rings. The van der Waals surface area contributed by atoms with Gasteiger partial charge in [-0.15, -0.1) is 0 Å². The Labute approximate surface area is 215 Å². The van der Waals surface area contributed by atoms with Crippen LogP contribution in [0.25, 0.3) is 0 Å². The van der Waals surface area contributed by atoms with E-state index in [1.165, 1.54) is 29.5 Å². The molecule has 192 valence electrons. The zero-order valence-corrected chi connectivity index (χ0v) is 21.7. The molecule has 3 aliphatic carbocycles. The van der Waals surface area contributed by atoms with Crippen LogP contribution in [-0.2, 0) is 18.3 Å². The number of ether oxygens (including phenoxy) is 1. The summed E-state index contributed by atoms with van der Waals surface area (Å²) in [5.74, 6) is 1.70. The van der Waals surface area contributed by atoms with Crippen molar-refractivity contribution in [3.63, 3.8) is 0 Å². The third kappa shape index (κ3) is 3.25. The van der Waals surface area contributed by atoms with Crippen molar-refractivity contribution in [3.05, 3.63) is 58.7 Å². The van der Waals surface area contributed by atoms with E-state index in [0.29, 0.717) is 5.75 Å². The van der Waals surface area contributed by atoms with Crippen LogP contribution in [0.5, 0.6) is 11.5 Å². The number of aryl methyl sites for hydroxylation is 2. The number of nitrogens with zero attached hydrogens (tertiary/aromatic N) is 2. The van der Waals surface area contributed by atoms with Gasteiger partial charge in [-0.25, -0.2) is 0 Å². The van der Waals surface area contributed by atoms with Gasteiger partial charge in [-0.3, -0.25) is 9.80 Å². The second-order valence-electron chi connectivity index (χ2n) is 12.5. The van der Waals surface area contributed by atoms with Crippen molar-refractivity contribution < 1.29 is 14.9 Å². The Kier molecular flexibility index (Phi) is 5.26. The van der Waals surface area contributed by atoms with Crippen LogP contribution in [0.15, 0.2) is 36.4 Å². The molecular weight excluding hydrogens is 448 g/mol. The van der Waals surface area contributed by atoms with Crippen LogP contribution in [0.4, 0.5) is 0 Å². The van der Waals surface area contributed by atoms with Crippen LogP contribution < -0.4 is 4.74 Å². The Bertz CT molecular complexity index is 1180. The molecule has 36 heavy (non-hydrogen) atoms. The Morgan fingerprint density at radius 3 is 2.81 bits per heavy atom. The van der Waals surface area contributed by atoms with Gasteiger partial charge in [-0.1, -0.05) is 35.9 Å². The van der Waals surface area contributed by atoms with Crippen molar-refractivity contribution in [1.82, 2.24) is 9.80 Å². The zero-order chi connectivity index (χ0) is 24.7. The number of likely N-dealkylation sites (N-methyl/N-ethyl adjacent to an activating group) is 1. The van der Waals surface area contributed by atoms with Gasteiger partial charge >= 0.3 is 0 Å². The summed E-state index contributed by atoms with van der Waals surface area (Å²) in [6.45, 7) is 5.29. The summed E-state index contributed by atoms with van der Waals surface area (Å²) in [7, 11) is 2.23. The Morgan fingerprint density at radius 1 is 1.14 bits per heavy atom. The molecule has 0 unspecified atom stereocenters. The highest BCUT2D eigenvalue weighted by Gasteiger charge is 2.73. The maximum absolute atomic E-state index is 12.6.